The number of carbonyl (C=O) groups is 2. The topological polar surface area (TPSA) is 98.8 Å². The molecule has 2 fully saturated rings. The summed E-state index contributed by atoms with van der Waals surface area (Å²) >= 11 is 0. The lowest BCUT2D eigenvalue weighted by Gasteiger charge is -2.56. The van der Waals surface area contributed by atoms with Gasteiger partial charge < -0.3 is 24.6 Å². The molecule has 0 radical (unpaired) electrons. The molecule has 1 saturated heterocycles. The summed E-state index contributed by atoms with van der Waals surface area (Å²) in [6.07, 6.45) is 4.51. The van der Waals surface area contributed by atoms with Crippen LogP contribution in [0.3, 0.4) is 0 Å². The number of amides is 2. The van der Waals surface area contributed by atoms with Crippen molar-refractivity contribution < 1.29 is 19.4 Å². The highest BCUT2D eigenvalue weighted by molar-refractivity contribution is 5.94. The normalized spacial score (nSPS) is 21.2. The Hall–Kier alpha value is -3.39. The number of methoxy groups -OCH3 is 1. The highest BCUT2D eigenvalue weighted by Crippen LogP contribution is 2.49. The largest absolute Gasteiger partial charge is 0.497 e. The molecule has 8 heteroatoms. The second-order valence-electron chi connectivity index (χ2n) is 9.77. The van der Waals surface area contributed by atoms with Crippen molar-refractivity contribution in [2.75, 3.05) is 33.4 Å². The van der Waals surface area contributed by atoms with Gasteiger partial charge in [-0.15, -0.1) is 0 Å². The lowest BCUT2D eigenvalue weighted by Crippen LogP contribution is -2.68. The van der Waals surface area contributed by atoms with E-state index in [0.29, 0.717) is 25.3 Å². The number of hydrogen-bond donors (Lipinski definition) is 2. The Morgan fingerprint density at radius 2 is 2.03 bits per heavy atom. The first-order valence-corrected chi connectivity index (χ1v) is 11.9. The van der Waals surface area contributed by atoms with E-state index in [1.54, 1.807) is 30.3 Å². The average Bonchev–Trinajstić information content (AvgIpc) is 3.19. The van der Waals surface area contributed by atoms with Crippen molar-refractivity contribution in [2.45, 2.75) is 30.7 Å². The lowest BCUT2D eigenvalue weighted by molar-refractivity contribution is -0.145. The molecule has 2 N–H and O–H groups in total. The number of H-pyrrole nitrogens is 1. The molecule has 1 aromatic carbocycles. The molecule has 2 aromatic heterocycles. The van der Waals surface area contributed by atoms with Gasteiger partial charge in [0.05, 0.1) is 25.2 Å². The molecule has 6 rings (SSSR count). The van der Waals surface area contributed by atoms with E-state index in [9.17, 15) is 14.7 Å². The number of likely N-dealkylation sites (tertiary alicyclic amines) is 1. The number of aromatic amines is 1. The van der Waals surface area contributed by atoms with E-state index in [1.807, 2.05) is 29.2 Å². The van der Waals surface area contributed by atoms with E-state index in [-0.39, 0.29) is 24.3 Å². The van der Waals surface area contributed by atoms with Crippen LogP contribution in [-0.4, -0.2) is 70.0 Å². The zero-order chi connectivity index (χ0) is 23.4. The number of benzene rings is 1. The first-order valence-electron chi connectivity index (χ1n) is 11.9. The summed E-state index contributed by atoms with van der Waals surface area (Å²) in [6.45, 7) is 1.34. The molecule has 0 bridgehead atoms. The van der Waals surface area contributed by atoms with Gasteiger partial charge in [-0.25, -0.2) is 0 Å². The fourth-order valence-corrected chi connectivity index (χ4v) is 5.87. The van der Waals surface area contributed by atoms with Crippen molar-refractivity contribution in [3.05, 3.63) is 59.5 Å². The van der Waals surface area contributed by atoms with Crippen LogP contribution in [0, 0.1) is 5.92 Å². The van der Waals surface area contributed by atoms with Gasteiger partial charge in [0.2, 0.25) is 5.91 Å². The molecular formula is C26H28N4O4. The number of nitrogens with zero attached hydrogens (tertiary/aromatic N) is 3. The summed E-state index contributed by atoms with van der Waals surface area (Å²) in [4.78, 5) is 37.9. The zero-order valence-electron chi connectivity index (χ0n) is 19.2. The number of aromatic nitrogens is 2. The van der Waals surface area contributed by atoms with E-state index in [4.69, 9.17) is 4.74 Å². The minimum atomic E-state index is -0.423. The molecular weight excluding hydrogens is 432 g/mol. The molecule has 1 atom stereocenters. The number of ether oxygens (including phenoxy) is 1. The molecule has 34 heavy (non-hydrogen) atoms. The van der Waals surface area contributed by atoms with Crippen LogP contribution in [0.15, 0.2) is 42.6 Å². The van der Waals surface area contributed by atoms with Gasteiger partial charge in [0.15, 0.2) is 0 Å². The minimum absolute atomic E-state index is 0.0310. The molecule has 1 aliphatic carbocycles. The molecule has 3 aromatic rings. The number of hydrogen-bond acceptors (Lipinski definition) is 5. The molecule has 1 saturated carbocycles. The molecule has 4 heterocycles. The predicted octanol–water partition coefficient (Wildman–Crippen LogP) is 2.64. The van der Waals surface area contributed by atoms with Gasteiger partial charge in [0, 0.05) is 54.4 Å². The van der Waals surface area contributed by atoms with Crippen molar-refractivity contribution in [3.8, 4) is 5.75 Å². The SMILES string of the molecule is COc1ccc2c3c([nH]c2c1)[C@@H](CO)N(C(=O)C1CCC1)CC31CN(C(=O)c2ccccn2)C1. The predicted molar refractivity (Wildman–Crippen MR) is 126 cm³/mol. The summed E-state index contributed by atoms with van der Waals surface area (Å²) in [6, 6.07) is 10.8. The smallest absolute Gasteiger partial charge is 0.272 e. The third-order valence-electron chi connectivity index (χ3n) is 7.82. The highest BCUT2D eigenvalue weighted by atomic mass is 16.5. The molecule has 3 aliphatic rings. The van der Waals surface area contributed by atoms with Crippen LogP contribution in [0.25, 0.3) is 10.9 Å². The molecule has 2 amide bonds. The molecule has 1 spiro atoms. The second kappa shape index (κ2) is 7.84. The Labute approximate surface area is 197 Å². The van der Waals surface area contributed by atoms with E-state index < -0.39 is 11.5 Å². The molecule has 0 unspecified atom stereocenters. The second-order valence-corrected chi connectivity index (χ2v) is 9.77. The van der Waals surface area contributed by atoms with E-state index in [1.165, 1.54) is 0 Å². The zero-order valence-corrected chi connectivity index (χ0v) is 19.2. The Kier molecular flexibility index (Phi) is 4.88. The van der Waals surface area contributed by atoms with Gasteiger partial charge in [-0.2, -0.15) is 0 Å². The van der Waals surface area contributed by atoms with Crippen LogP contribution < -0.4 is 4.74 Å². The Balaban J connectivity index is 1.42. The highest BCUT2D eigenvalue weighted by Gasteiger charge is 2.55. The third kappa shape index (κ3) is 3.05. The van der Waals surface area contributed by atoms with Crippen LogP contribution in [0.5, 0.6) is 5.75 Å². The Morgan fingerprint density at radius 3 is 2.68 bits per heavy atom. The maximum Gasteiger partial charge on any atom is 0.272 e. The van der Waals surface area contributed by atoms with E-state index in [0.717, 1.165) is 47.2 Å². The first kappa shape index (κ1) is 21.2. The van der Waals surface area contributed by atoms with Crippen molar-refractivity contribution in [1.82, 2.24) is 19.8 Å². The van der Waals surface area contributed by atoms with Crippen LogP contribution >= 0.6 is 0 Å². The first-order chi connectivity index (χ1) is 16.5. The lowest BCUT2D eigenvalue weighted by atomic mass is 9.68. The van der Waals surface area contributed by atoms with Crippen molar-refractivity contribution in [3.63, 3.8) is 0 Å². The molecule has 176 valence electrons. The van der Waals surface area contributed by atoms with Gasteiger partial charge in [-0.1, -0.05) is 12.5 Å². The maximum absolute atomic E-state index is 13.4. The monoisotopic (exact) mass is 460 g/mol. The van der Waals surface area contributed by atoms with Gasteiger partial charge >= 0.3 is 0 Å². The average molecular weight is 461 g/mol. The van der Waals surface area contributed by atoms with Crippen LogP contribution in [-0.2, 0) is 10.2 Å². The number of aliphatic hydroxyl groups is 1. The number of fused-ring (bicyclic) bond motifs is 4. The van der Waals surface area contributed by atoms with Crippen molar-refractivity contribution in [2.24, 2.45) is 5.92 Å². The molecule has 8 nitrogen and oxygen atoms in total. The van der Waals surface area contributed by atoms with Crippen LogP contribution in [0.1, 0.15) is 47.1 Å². The van der Waals surface area contributed by atoms with Crippen molar-refractivity contribution >= 4 is 22.7 Å². The van der Waals surface area contributed by atoms with E-state index in [2.05, 4.69) is 9.97 Å². The van der Waals surface area contributed by atoms with Gasteiger partial charge in [0.25, 0.3) is 5.91 Å². The summed E-state index contributed by atoms with van der Waals surface area (Å²) in [7, 11) is 1.63. The number of rotatable bonds is 4. The fraction of sp³-hybridized carbons (Fsp3) is 0.423. The minimum Gasteiger partial charge on any atom is -0.497 e. The maximum atomic E-state index is 13.4. The number of aliphatic hydroxyl groups excluding tert-OH is 1. The standard InChI is InChI=1S/C26H28N4O4/c1-34-17-8-9-18-20(11-17)28-23-21(12-31)30(24(32)16-5-4-6-16)15-26(22(18)23)13-29(14-26)25(33)19-7-2-3-10-27-19/h2-3,7-11,16,21,28,31H,4-6,12-15H2,1H3/t21-/m1/s1. The van der Waals surface area contributed by atoms with Gasteiger partial charge in [0.1, 0.15) is 11.4 Å². The third-order valence-corrected chi connectivity index (χ3v) is 7.82. The Morgan fingerprint density at radius 1 is 1.21 bits per heavy atom. The quantitative estimate of drug-likeness (QED) is 0.624. The fourth-order valence-electron chi connectivity index (χ4n) is 5.87. The summed E-state index contributed by atoms with van der Waals surface area (Å²) in [5.74, 6) is 0.781. The summed E-state index contributed by atoms with van der Waals surface area (Å²) in [5.41, 5.74) is 2.92. The van der Waals surface area contributed by atoms with Crippen molar-refractivity contribution in [1.29, 1.82) is 0 Å². The van der Waals surface area contributed by atoms with Crippen LogP contribution in [0.2, 0.25) is 0 Å². The summed E-state index contributed by atoms with van der Waals surface area (Å²) < 4.78 is 5.42. The number of nitrogens with one attached hydrogen (secondary N) is 1. The van der Waals surface area contributed by atoms with Gasteiger partial charge in [-0.3, -0.25) is 14.6 Å². The van der Waals surface area contributed by atoms with E-state index >= 15 is 0 Å². The van der Waals surface area contributed by atoms with Gasteiger partial charge in [-0.05, 0) is 42.7 Å². The number of pyridine rings is 1. The summed E-state index contributed by atoms with van der Waals surface area (Å²) in [5, 5.41) is 11.4. The number of carbonyl (C=O) groups excluding carboxylic acids is 2. The Bertz CT molecular complexity index is 1260. The van der Waals surface area contributed by atoms with Crippen LogP contribution in [0.4, 0.5) is 0 Å². The molecule has 2 aliphatic heterocycles.